The first-order valence-corrected chi connectivity index (χ1v) is 8.93. The second kappa shape index (κ2) is 7.93. The molecule has 0 amide bonds. The Morgan fingerprint density at radius 2 is 1.96 bits per heavy atom. The van der Waals surface area contributed by atoms with Gasteiger partial charge in [0.1, 0.15) is 4.60 Å². The predicted octanol–water partition coefficient (Wildman–Crippen LogP) is 4.62. The maximum atomic E-state index is 5.85. The van der Waals surface area contributed by atoms with E-state index in [1.54, 1.807) is 0 Å². The monoisotopic (exact) mass is 376 g/mol. The molecule has 0 radical (unpaired) electrons. The summed E-state index contributed by atoms with van der Waals surface area (Å²) in [4.78, 5) is 4.41. The normalized spacial score (nSPS) is 18.7. The van der Waals surface area contributed by atoms with Crippen LogP contribution in [0.15, 0.2) is 41.0 Å². The van der Waals surface area contributed by atoms with Gasteiger partial charge in [-0.2, -0.15) is 0 Å². The molecule has 1 aliphatic heterocycles. The lowest BCUT2D eigenvalue weighted by Crippen LogP contribution is -2.36. The lowest BCUT2D eigenvalue weighted by atomic mass is 9.84. The van der Waals surface area contributed by atoms with Gasteiger partial charge in [0.25, 0.3) is 0 Å². The van der Waals surface area contributed by atoms with Gasteiger partial charge in [0.05, 0.1) is 6.61 Å². The number of hydrogen-bond donors (Lipinski definition) is 1. The second-order valence-corrected chi connectivity index (χ2v) is 6.62. The molecule has 2 heterocycles. The summed E-state index contributed by atoms with van der Waals surface area (Å²) in [6.45, 7) is 10.7. The average molecular weight is 377 g/mol. The van der Waals surface area contributed by atoms with E-state index in [2.05, 4.69) is 63.5 Å². The molecule has 4 heteroatoms. The van der Waals surface area contributed by atoms with Crippen molar-refractivity contribution < 1.29 is 4.74 Å². The highest BCUT2D eigenvalue weighted by molar-refractivity contribution is 9.10. The minimum Gasteiger partial charge on any atom is -0.489 e. The molecule has 0 aliphatic carbocycles. The van der Waals surface area contributed by atoms with E-state index >= 15 is 0 Å². The number of hydrogen-bond acceptors (Lipinski definition) is 3. The molecule has 3 rings (SSSR count). The van der Waals surface area contributed by atoms with Gasteiger partial charge in [0, 0.05) is 29.8 Å². The van der Waals surface area contributed by atoms with Crippen LogP contribution in [0.1, 0.15) is 37.6 Å². The molecule has 1 N–H and O–H groups in total. The summed E-state index contributed by atoms with van der Waals surface area (Å²) < 4.78 is 6.66. The van der Waals surface area contributed by atoms with E-state index in [1.165, 1.54) is 11.1 Å². The number of rotatable bonds is 4. The fraction of sp³-hybridized carbons (Fsp3) is 0.421. The number of ether oxygens (including phenoxy) is 1. The van der Waals surface area contributed by atoms with Crippen LogP contribution in [-0.4, -0.2) is 18.1 Å². The molecule has 1 aliphatic rings. The molecular weight excluding hydrogens is 352 g/mol. The van der Waals surface area contributed by atoms with Gasteiger partial charge in [0.2, 0.25) is 0 Å². The number of fused-ring (bicyclic) bond motifs is 1. The second-order valence-electron chi connectivity index (χ2n) is 5.87. The summed E-state index contributed by atoms with van der Waals surface area (Å²) in [5, 5.41) is 3.55. The van der Waals surface area contributed by atoms with Gasteiger partial charge in [-0.3, -0.25) is 0 Å². The van der Waals surface area contributed by atoms with Gasteiger partial charge < -0.3 is 10.1 Å². The Balaban J connectivity index is 0.000000924. The van der Waals surface area contributed by atoms with E-state index in [0.29, 0.717) is 6.61 Å². The van der Waals surface area contributed by atoms with E-state index in [-0.39, 0.29) is 5.41 Å². The van der Waals surface area contributed by atoms with Crippen molar-refractivity contribution in [3.8, 4) is 5.75 Å². The SMILES string of the molecule is CC.Cc1cc2c(c(Br)n1)OC[C@@]2(C)CNCc1ccccc1. The molecule has 0 saturated heterocycles. The molecule has 1 aromatic heterocycles. The minimum atomic E-state index is -0.0136. The van der Waals surface area contributed by atoms with E-state index < -0.39 is 0 Å². The van der Waals surface area contributed by atoms with Crippen LogP contribution in [0.3, 0.4) is 0 Å². The van der Waals surface area contributed by atoms with Gasteiger partial charge in [-0.25, -0.2) is 4.98 Å². The Bertz CT molecular complexity index is 645. The fourth-order valence-electron chi connectivity index (χ4n) is 2.74. The van der Waals surface area contributed by atoms with Crippen LogP contribution in [-0.2, 0) is 12.0 Å². The number of nitrogens with one attached hydrogen (secondary N) is 1. The van der Waals surface area contributed by atoms with Crippen molar-refractivity contribution in [2.75, 3.05) is 13.2 Å². The van der Waals surface area contributed by atoms with Crippen molar-refractivity contribution in [1.29, 1.82) is 0 Å². The van der Waals surface area contributed by atoms with Gasteiger partial charge in [-0.05, 0) is 34.5 Å². The molecule has 0 fully saturated rings. The summed E-state index contributed by atoms with van der Waals surface area (Å²) in [7, 11) is 0. The third-order valence-corrected chi connectivity index (χ3v) is 4.47. The summed E-state index contributed by atoms with van der Waals surface area (Å²) in [5.74, 6) is 0.893. The zero-order valence-electron chi connectivity index (χ0n) is 14.3. The Kier molecular flexibility index (Phi) is 6.19. The molecule has 1 aromatic carbocycles. The Labute approximate surface area is 147 Å². The molecule has 0 bridgehead atoms. The van der Waals surface area contributed by atoms with Gasteiger partial charge in [-0.1, -0.05) is 51.1 Å². The van der Waals surface area contributed by atoms with Crippen molar-refractivity contribution in [3.05, 3.63) is 57.8 Å². The van der Waals surface area contributed by atoms with Crippen molar-refractivity contribution >= 4 is 15.9 Å². The van der Waals surface area contributed by atoms with Crippen LogP contribution >= 0.6 is 15.9 Å². The van der Waals surface area contributed by atoms with Crippen molar-refractivity contribution in [3.63, 3.8) is 0 Å². The molecule has 23 heavy (non-hydrogen) atoms. The third kappa shape index (κ3) is 4.12. The number of benzene rings is 1. The zero-order chi connectivity index (χ0) is 16.9. The van der Waals surface area contributed by atoms with Crippen LogP contribution in [0.5, 0.6) is 5.75 Å². The Morgan fingerprint density at radius 1 is 1.26 bits per heavy atom. The maximum absolute atomic E-state index is 5.85. The summed E-state index contributed by atoms with van der Waals surface area (Å²) in [6.07, 6.45) is 0. The average Bonchev–Trinajstić information content (AvgIpc) is 2.88. The van der Waals surface area contributed by atoms with Gasteiger partial charge >= 0.3 is 0 Å². The van der Waals surface area contributed by atoms with Crippen molar-refractivity contribution in [1.82, 2.24) is 10.3 Å². The van der Waals surface area contributed by atoms with Crippen LogP contribution in [0.2, 0.25) is 0 Å². The smallest absolute Gasteiger partial charge is 0.156 e. The zero-order valence-corrected chi connectivity index (χ0v) is 15.9. The number of nitrogens with zero attached hydrogens (tertiary/aromatic N) is 1. The molecule has 0 spiro atoms. The molecule has 0 unspecified atom stereocenters. The van der Waals surface area contributed by atoms with E-state index in [1.807, 2.05) is 26.8 Å². The number of aromatic nitrogens is 1. The van der Waals surface area contributed by atoms with Crippen LogP contribution in [0.25, 0.3) is 0 Å². The summed E-state index contributed by atoms with van der Waals surface area (Å²) >= 11 is 3.50. The van der Waals surface area contributed by atoms with Crippen molar-refractivity contribution in [2.45, 2.75) is 39.7 Å². The first kappa shape index (κ1) is 18.0. The highest BCUT2D eigenvalue weighted by atomic mass is 79.9. The van der Waals surface area contributed by atoms with E-state index in [9.17, 15) is 0 Å². The number of aryl methyl sites for hydroxylation is 1. The maximum Gasteiger partial charge on any atom is 0.156 e. The Morgan fingerprint density at radius 3 is 2.65 bits per heavy atom. The van der Waals surface area contributed by atoms with E-state index in [4.69, 9.17) is 4.74 Å². The van der Waals surface area contributed by atoms with Crippen LogP contribution in [0, 0.1) is 6.92 Å². The largest absolute Gasteiger partial charge is 0.489 e. The Hall–Kier alpha value is -1.39. The first-order valence-electron chi connectivity index (χ1n) is 8.13. The van der Waals surface area contributed by atoms with Crippen molar-refractivity contribution in [2.24, 2.45) is 0 Å². The van der Waals surface area contributed by atoms with Crippen LogP contribution < -0.4 is 10.1 Å². The number of halogens is 1. The van der Waals surface area contributed by atoms with Crippen LogP contribution in [0.4, 0.5) is 0 Å². The first-order chi connectivity index (χ1) is 11.1. The summed E-state index contributed by atoms with van der Waals surface area (Å²) in [5.41, 5.74) is 3.54. The summed E-state index contributed by atoms with van der Waals surface area (Å²) in [6, 6.07) is 12.6. The standard InChI is InChI=1S/C17H19BrN2O.C2H6/c1-12-8-14-15(16(18)20-12)21-11-17(14,2)10-19-9-13-6-4-3-5-7-13;1-2/h3-8,19H,9-11H2,1-2H3;1-2H3/t17-;/m1./s1. The molecule has 1 atom stereocenters. The highest BCUT2D eigenvalue weighted by Crippen LogP contribution is 2.42. The lowest BCUT2D eigenvalue weighted by molar-refractivity contribution is 0.270. The van der Waals surface area contributed by atoms with Gasteiger partial charge in [-0.15, -0.1) is 0 Å². The molecular formula is C19H25BrN2O. The molecule has 0 saturated carbocycles. The highest BCUT2D eigenvalue weighted by Gasteiger charge is 2.37. The quantitative estimate of drug-likeness (QED) is 0.790. The number of pyridine rings is 1. The lowest BCUT2D eigenvalue weighted by Gasteiger charge is -2.23. The van der Waals surface area contributed by atoms with Gasteiger partial charge in [0.15, 0.2) is 5.75 Å². The fourth-order valence-corrected chi connectivity index (χ4v) is 3.35. The van der Waals surface area contributed by atoms with E-state index in [0.717, 1.165) is 29.1 Å². The molecule has 124 valence electrons. The molecule has 3 nitrogen and oxygen atoms in total. The third-order valence-electron chi connectivity index (χ3n) is 3.93. The minimum absolute atomic E-state index is 0.0136. The topological polar surface area (TPSA) is 34.1 Å². The predicted molar refractivity (Wildman–Crippen MR) is 99.0 cm³/mol. The molecule has 2 aromatic rings.